The van der Waals surface area contributed by atoms with Crippen LogP contribution in [-0.2, 0) is 13.0 Å². The number of hydrogen-bond donors (Lipinski definition) is 1. The number of fused-ring (bicyclic) bond motifs is 2. The molecule has 7 nitrogen and oxygen atoms in total. The summed E-state index contributed by atoms with van der Waals surface area (Å²) in [6, 6.07) is 7.78. The number of benzene rings is 1. The molecule has 6 rings (SSSR count). The third-order valence-electron chi connectivity index (χ3n) is 5.79. The third kappa shape index (κ3) is 3.55. The molecule has 1 aromatic carbocycles. The van der Waals surface area contributed by atoms with Crippen LogP contribution in [0.4, 0.5) is 19.0 Å². The largest absolute Gasteiger partial charge is 0.573 e. The zero-order chi connectivity index (χ0) is 21.9. The van der Waals surface area contributed by atoms with Crippen LogP contribution in [0, 0.1) is 0 Å². The van der Waals surface area contributed by atoms with E-state index in [1.165, 1.54) is 18.2 Å². The first kappa shape index (κ1) is 19.1. The Morgan fingerprint density at radius 1 is 1.16 bits per heavy atom. The van der Waals surface area contributed by atoms with Crippen LogP contribution < -0.4 is 9.64 Å². The average Bonchev–Trinajstić information content (AvgIpc) is 3.39. The van der Waals surface area contributed by atoms with Gasteiger partial charge in [0, 0.05) is 36.0 Å². The summed E-state index contributed by atoms with van der Waals surface area (Å²) in [6.45, 7) is 1.33. The molecule has 1 fully saturated rings. The topological polar surface area (TPSA) is 80.1 Å². The zero-order valence-electron chi connectivity index (χ0n) is 16.8. The van der Waals surface area contributed by atoms with Crippen LogP contribution in [0.2, 0.25) is 0 Å². The maximum Gasteiger partial charge on any atom is 0.573 e. The summed E-state index contributed by atoms with van der Waals surface area (Å²) in [7, 11) is 0. The Balaban J connectivity index is 1.30. The number of ether oxygens (including phenoxy) is 1. The number of aromatic nitrogens is 4. The minimum atomic E-state index is -4.76. The van der Waals surface area contributed by atoms with E-state index in [1.54, 1.807) is 12.3 Å². The standard InChI is InChI=1S/C22H18F3N5O2/c23-22(24,25)32-14-3-4-16-15(10-14)20(29-28-16)13-5-7-26-19(9-13)30-8-6-17-18(11-30)31-21(27-17)12-1-2-12/h3-5,7,9-10,12H,1-2,6,8,11H2,(H,28,29). The zero-order valence-corrected chi connectivity index (χ0v) is 16.8. The van der Waals surface area contributed by atoms with E-state index < -0.39 is 6.36 Å². The monoisotopic (exact) mass is 441 g/mol. The van der Waals surface area contributed by atoms with Gasteiger partial charge >= 0.3 is 6.36 Å². The van der Waals surface area contributed by atoms with Gasteiger partial charge < -0.3 is 14.1 Å². The predicted octanol–water partition coefficient (Wildman–Crippen LogP) is 4.95. The van der Waals surface area contributed by atoms with Gasteiger partial charge in [-0.3, -0.25) is 5.10 Å². The number of H-pyrrole nitrogens is 1. The van der Waals surface area contributed by atoms with Crippen molar-refractivity contribution in [1.82, 2.24) is 20.2 Å². The number of rotatable bonds is 4. The quantitative estimate of drug-likeness (QED) is 0.483. The van der Waals surface area contributed by atoms with E-state index in [2.05, 4.69) is 29.8 Å². The van der Waals surface area contributed by atoms with Crippen LogP contribution in [0.5, 0.6) is 5.75 Å². The summed E-state index contributed by atoms with van der Waals surface area (Å²) in [6.07, 6.45) is -0.0254. The Labute approximate surface area is 180 Å². The van der Waals surface area contributed by atoms with Gasteiger partial charge in [0.1, 0.15) is 23.0 Å². The van der Waals surface area contributed by atoms with Crippen molar-refractivity contribution in [3.05, 3.63) is 53.9 Å². The number of hydrogen-bond acceptors (Lipinski definition) is 6. The fourth-order valence-electron chi connectivity index (χ4n) is 4.06. The molecule has 1 aliphatic heterocycles. The summed E-state index contributed by atoms with van der Waals surface area (Å²) in [5.41, 5.74) is 2.91. The molecule has 0 amide bonds. The lowest BCUT2D eigenvalue weighted by molar-refractivity contribution is -0.274. The Morgan fingerprint density at radius 2 is 2.03 bits per heavy atom. The molecule has 164 valence electrons. The van der Waals surface area contributed by atoms with E-state index in [1.807, 2.05) is 6.07 Å². The molecule has 0 bridgehead atoms. The summed E-state index contributed by atoms with van der Waals surface area (Å²) in [4.78, 5) is 11.3. The normalized spacial score (nSPS) is 16.4. The van der Waals surface area contributed by atoms with E-state index in [4.69, 9.17) is 4.42 Å². The highest BCUT2D eigenvalue weighted by Gasteiger charge is 2.32. The smallest absolute Gasteiger partial charge is 0.443 e. The van der Waals surface area contributed by atoms with Crippen molar-refractivity contribution in [2.75, 3.05) is 11.4 Å². The Kier molecular flexibility index (Phi) is 4.17. The van der Waals surface area contributed by atoms with Gasteiger partial charge in [-0.2, -0.15) is 5.10 Å². The second-order valence-corrected chi connectivity index (χ2v) is 8.10. The van der Waals surface area contributed by atoms with Gasteiger partial charge in [0.25, 0.3) is 0 Å². The first-order chi connectivity index (χ1) is 15.4. The molecule has 0 radical (unpaired) electrons. The Hall–Kier alpha value is -3.56. The first-order valence-electron chi connectivity index (χ1n) is 10.4. The Bertz CT molecular complexity index is 1310. The first-order valence-corrected chi connectivity index (χ1v) is 10.4. The highest BCUT2D eigenvalue weighted by Crippen LogP contribution is 2.41. The van der Waals surface area contributed by atoms with Crippen LogP contribution in [0.15, 0.2) is 40.9 Å². The molecule has 1 N–H and O–H groups in total. The van der Waals surface area contributed by atoms with Crippen LogP contribution in [0.1, 0.15) is 36.1 Å². The molecule has 32 heavy (non-hydrogen) atoms. The van der Waals surface area contributed by atoms with E-state index in [-0.39, 0.29) is 5.75 Å². The summed E-state index contributed by atoms with van der Waals surface area (Å²) >= 11 is 0. The van der Waals surface area contributed by atoms with Crippen LogP contribution in [0.3, 0.4) is 0 Å². The van der Waals surface area contributed by atoms with Gasteiger partial charge in [-0.1, -0.05) is 0 Å². The maximum atomic E-state index is 12.6. The SMILES string of the molecule is FC(F)(F)Oc1ccc2[nH]nc(-c3ccnc(N4CCc5nc(C6CC6)oc5C4)c3)c2c1. The van der Waals surface area contributed by atoms with Crippen molar-refractivity contribution >= 4 is 16.7 Å². The molecule has 0 spiro atoms. The number of oxazole rings is 1. The Morgan fingerprint density at radius 3 is 2.84 bits per heavy atom. The number of nitrogens with zero attached hydrogens (tertiary/aromatic N) is 4. The molecule has 10 heteroatoms. The summed E-state index contributed by atoms with van der Waals surface area (Å²) in [5.74, 6) is 2.65. The number of aromatic amines is 1. The molecule has 0 atom stereocenters. The number of anilines is 1. The van der Waals surface area contributed by atoms with Crippen molar-refractivity contribution in [2.45, 2.75) is 38.1 Å². The van der Waals surface area contributed by atoms with E-state index in [9.17, 15) is 13.2 Å². The van der Waals surface area contributed by atoms with Crippen LogP contribution in [-0.4, -0.2) is 33.1 Å². The lowest BCUT2D eigenvalue weighted by Gasteiger charge is -2.26. The second-order valence-electron chi connectivity index (χ2n) is 8.10. The highest BCUT2D eigenvalue weighted by molar-refractivity contribution is 5.94. The van der Waals surface area contributed by atoms with Crippen molar-refractivity contribution in [2.24, 2.45) is 0 Å². The molecule has 0 unspecified atom stereocenters. The molecule has 0 saturated heterocycles. The summed E-state index contributed by atoms with van der Waals surface area (Å²) in [5, 5.41) is 7.72. The van der Waals surface area contributed by atoms with Gasteiger partial charge in [0.2, 0.25) is 0 Å². The lowest BCUT2D eigenvalue weighted by atomic mass is 10.1. The fourth-order valence-corrected chi connectivity index (χ4v) is 4.06. The van der Waals surface area contributed by atoms with Gasteiger partial charge in [-0.05, 0) is 43.2 Å². The van der Waals surface area contributed by atoms with Crippen molar-refractivity contribution in [1.29, 1.82) is 0 Å². The third-order valence-corrected chi connectivity index (χ3v) is 5.79. The van der Waals surface area contributed by atoms with Crippen LogP contribution >= 0.6 is 0 Å². The van der Waals surface area contributed by atoms with Crippen LogP contribution in [0.25, 0.3) is 22.2 Å². The molecule has 4 heterocycles. The maximum absolute atomic E-state index is 12.6. The predicted molar refractivity (Wildman–Crippen MR) is 109 cm³/mol. The molecule has 3 aromatic heterocycles. The average molecular weight is 441 g/mol. The van der Waals surface area contributed by atoms with E-state index in [0.717, 1.165) is 54.5 Å². The van der Waals surface area contributed by atoms with Gasteiger partial charge in [-0.25, -0.2) is 9.97 Å². The molecule has 1 saturated carbocycles. The lowest BCUT2D eigenvalue weighted by Crippen LogP contribution is -2.30. The fraction of sp³-hybridized carbons (Fsp3) is 0.318. The van der Waals surface area contributed by atoms with Gasteiger partial charge in [-0.15, -0.1) is 13.2 Å². The number of pyridine rings is 1. The van der Waals surface area contributed by atoms with Crippen molar-refractivity contribution in [3.8, 4) is 17.0 Å². The minimum absolute atomic E-state index is 0.290. The number of alkyl halides is 3. The van der Waals surface area contributed by atoms with E-state index in [0.29, 0.717) is 29.1 Å². The van der Waals surface area contributed by atoms with Crippen molar-refractivity contribution < 1.29 is 22.3 Å². The molecule has 2 aliphatic rings. The molecule has 4 aromatic rings. The van der Waals surface area contributed by atoms with Crippen molar-refractivity contribution in [3.63, 3.8) is 0 Å². The van der Waals surface area contributed by atoms with E-state index >= 15 is 0 Å². The second kappa shape index (κ2) is 6.98. The minimum Gasteiger partial charge on any atom is -0.443 e. The number of halogens is 3. The molecular formula is C22H18F3N5O2. The molecular weight excluding hydrogens is 423 g/mol. The molecule has 1 aliphatic carbocycles. The summed E-state index contributed by atoms with van der Waals surface area (Å²) < 4.78 is 48.0. The highest BCUT2D eigenvalue weighted by atomic mass is 19.4. The number of nitrogens with one attached hydrogen (secondary N) is 1. The van der Waals surface area contributed by atoms with Gasteiger partial charge in [0.05, 0.1) is 17.8 Å². The van der Waals surface area contributed by atoms with Gasteiger partial charge in [0.15, 0.2) is 5.89 Å².